The summed E-state index contributed by atoms with van der Waals surface area (Å²) in [6, 6.07) is 1.69. The van der Waals surface area contributed by atoms with Crippen LogP contribution < -0.4 is 5.32 Å². The topological polar surface area (TPSA) is 29.1 Å². The van der Waals surface area contributed by atoms with Crippen molar-refractivity contribution in [1.82, 2.24) is 5.32 Å². The van der Waals surface area contributed by atoms with Crippen molar-refractivity contribution >= 4 is 5.91 Å². The molecule has 0 atom stereocenters. The van der Waals surface area contributed by atoms with E-state index in [2.05, 4.69) is 5.32 Å². The molecule has 5 heteroatoms. The minimum Gasteiger partial charge on any atom is -0.352 e. The first kappa shape index (κ1) is 16.5. The first-order valence-corrected chi connectivity index (χ1v) is 6.67. The molecule has 112 valence electrons. The number of rotatable bonds is 5. The second-order valence-electron chi connectivity index (χ2n) is 5.58. The van der Waals surface area contributed by atoms with Gasteiger partial charge < -0.3 is 5.32 Å². The summed E-state index contributed by atoms with van der Waals surface area (Å²) in [6.07, 6.45) is 0. The van der Waals surface area contributed by atoms with Gasteiger partial charge in [-0.2, -0.15) is 0 Å². The lowest BCUT2D eigenvalue weighted by atomic mass is 9.85. The van der Waals surface area contributed by atoms with Crippen LogP contribution in [0.5, 0.6) is 0 Å². The third kappa shape index (κ3) is 3.74. The minimum atomic E-state index is -1.62. The Morgan fingerprint density at radius 2 is 1.60 bits per heavy atom. The maximum absolute atomic E-state index is 13.5. The van der Waals surface area contributed by atoms with Crippen molar-refractivity contribution in [3.8, 4) is 0 Å². The van der Waals surface area contributed by atoms with Crippen molar-refractivity contribution in [2.24, 2.45) is 17.8 Å². The molecular weight excluding hydrogens is 267 g/mol. The highest BCUT2D eigenvalue weighted by atomic mass is 19.2. The molecule has 0 saturated carbocycles. The molecule has 1 amide bonds. The molecule has 0 spiro atoms. The number of benzene rings is 1. The van der Waals surface area contributed by atoms with Gasteiger partial charge in [0.2, 0.25) is 0 Å². The van der Waals surface area contributed by atoms with Crippen LogP contribution in [-0.2, 0) is 0 Å². The molecule has 0 radical (unpaired) electrons. The summed E-state index contributed by atoms with van der Waals surface area (Å²) >= 11 is 0. The fourth-order valence-electron chi connectivity index (χ4n) is 2.25. The lowest BCUT2D eigenvalue weighted by Gasteiger charge is -2.25. The average Bonchev–Trinajstić information content (AvgIpc) is 2.35. The first-order chi connectivity index (χ1) is 9.25. The van der Waals surface area contributed by atoms with Gasteiger partial charge in [-0.1, -0.05) is 27.7 Å². The Morgan fingerprint density at radius 3 is 2.10 bits per heavy atom. The van der Waals surface area contributed by atoms with Gasteiger partial charge in [0.05, 0.1) is 5.56 Å². The molecule has 1 aromatic carbocycles. The van der Waals surface area contributed by atoms with Gasteiger partial charge >= 0.3 is 0 Å². The molecule has 20 heavy (non-hydrogen) atoms. The van der Waals surface area contributed by atoms with E-state index in [0.29, 0.717) is 18.4 Å². The molecule has 2 nitrogen and oxygen atoms in total. The van der Waals surface area contributed by atoms with Crippen LogP contribution in [0.1, 0.15) is 38.1 Å². The fraction of sp³-hybridized carbons (Fsp3) is 0.533. The van der Waals surface area contributed by atoms with E-state index in [9.17, 15) is 18.0 Å². The van der Waals surface area contributed by atoms with E-state index in [-0.39, 0.29) is 5.92 Å². The van der Waals surface area contributed by atoms with Crippen molar-refractivity contribution in [3.05, 3.63) is 35.1 Å². The molecule has 0 aromatic heterocycles. The maximum Gasteiger partial charge on any atom is 0.254 e. The SMILES string of the molecule is CC(C)C(CNC(=O)c1ccc(F)c(F)c1F)C(C)C. The maximum atomic E-state index is 13.5. The Bertz CT molecular complexity index is 478. The largest absolute Gasteiger partial charge is 0.352 e. The van der Waals surface area contributed by atoms with Gasteiger partial charge in [0.15, 0.2) is 17.5 Å². The molecule has 0 saturated heterocycles. The third-order valence-corrected chi connectivity index (χ3v) is 3.49. The van der Waals surface area contributed by atoms with Gasteiger partial charge in [-0.05, 0) is 29.9 Å². The van der Waals surface area contributed by atoms with Crippen molar-refractivity contribution < 1.29 is 18.0 Å². The van der Waals surface area contributed by atoms with Crippen molar-refractivity contribution in [2.75, 3.05) is 6.54 Å². The van der Waals surface area contributed by atoms with E-state index < -0.39 is 28.9 Å². The predicted octanol–water partition coefficient (Wildman–Crippen LogP) is 3.76. The fourth-order valence-corrected chi connectivity index (χ4v) is 2.25. The van der Waals surface area contributed by atoms with Crippen molar-refractivity contribution in [2.45, 2.75) is 27.7 Å². The zero-order chi connectivity index (χ0) is 15.4. The summed E-state index contributed by atoms with van der Waals surface area (Å²) in [5.41, 5.74) is -0.477. The standard InChI is InChI=1S/C15H20F3NO/c1-8(2)11(9(3)4)7-19-15(20)10-5-6-12(16)14(18)13(10)17/h5-6,8-9,11H,7H2,1-4H3,(H,19,20). The van der Waals surface area contributed by atoms with Gasteiger partial charge in [0.1, 0.15) is 0 Å². The molecule has 1 N–H and O–H groups in total. The molecule has 0 unspecified atom stereocenters. The molecule has 1 aromatic rings. The second kappa shape index (κ2) is 6.77. The highest BCUT2D eigenvalue weighted by Crippen LogP contribution is 2.20. The lowest BCUT2D eigenvalue weighted by Crippen LogP contribution is -2.34. The Morgan fingerprint density at radius 1 is 1.05 bits per heavy atom. The highest BCUT2D eigenvalue weighted by Gasteiger charge is 2.21. The summed E-state index contributed by atoms with van der Waals surface area (Å²) in [4.78, 5) is 11.8. The van der Waals surface area contributed by atoms with E-state index in [0.717, 1.165) is 12.1 Å². The minimum absolute atomic E-state index is 0.229. The van der Waals surface area contributed by atoms with Crippen LogP contribution >= 0.6 is 0 Å². The molecule has 0 aliphatic rings. The Balaban J connectivity index is 2.80. The summed E-state index contributed by atoms with van der Waals surface area (Å²) in [6.45, 7) is 8.51. The molecule has 1 rings (SSSR count). The van der Waals surface area contributed by atoms with E-state index in [1.807, 2.05) is 27.7 Å². The number of amides is 1. The number of hydrogen-bond donors (Lipinski definition) is 1. The van der Waals surface area contributed by atoms with Crippen LogP contribution in [0.25, 0.3) is 0 Å². The molecule has 0 fully saturated rings. The molecular formula is C15H20F3NO. The number of carbonyl (C=O) groups is 1. The van der Waals surface area contributed by atoms with Crippen LogP contribution in [0, 0.1) is 35.2 Å². The van der Waals surface area contributed by atoms with Gasteiger partial charge in [0.25, 0.3) is 5.91 Å². The van der Waals surface area contributed by atoms with Crippen molar-refractivity contribution in [3.63, 3.8) is 0 Å². The van der Waals surface area contributed by atoms with Crippen molar-refractivity contribution in [1.29, 1.82) is 0 Å². The predicted molar refractivity (Wildman–Crippen MR) is 71.8 cm³/mol. The van der Waals surface area contributed by atoms with Crippen LogP contribution in [0.15, 0.2) is 12.1 Å². The molecule has 0 aliphatic carbocycles. The van der Waals surface area contributed by atoms with Gasteiger partial charge in [-0.25, -0.2) is 13.2 Å². The molecule has 0 aliphatic heterocycles. The number of halogens is 3. The summed E-state index contributed by atoms with van der Waals surface area (Å²) in [5.74, 6) is -4.17. The summed E-state index contributed by atoms with van der Waals surface area (Å²) in [7, 11) is 0. The third-order valence-electron chi connectivity index (χ3n) is 3.49. The molecule has 0 bridgehead atoms. The van der Waals surface area contributed by atoms with Crippen LogP contribution in [0.3, 0.4) is 0 Å². The van der Waals surface area contributed by atoms with Gasteiger partial charge in [0, 0.05) is 6.54 Å². The normalized spacial score (nSPS) is 11.5. The lowest BCUT2D eigenvalue weighted by molar-refractivity contribution is 0.0932. The quantitative estimate of drug-likeness (QED) is 0.821. The van der Waals surface area contributed by atoms with Gasteiger partial charge in [-0.3, -0.25) is 4.79 Å². The Hall–Kier alpha value is -1.52. The zero-order valence-corrected chi connectivity index (χ0v) is 12.1. The zero-order valence-electron chi connectivity index (χ0n) is 12.1. The van der Waals surface area contributed by atoms with Crippen LogP contribution in [-0.4, -0.2) is 12.5 Å². The summed E-state index contributed by atoms with van der Waals surface area (Å²) < 4.78 is 39.4. The van der Waals surface area contributed by atoms with Gasteiger partial charge in [-0.15, -0.1) is 0 Å². The van der Waals surface area contributed by atoms with E-state index >= 15 is 0 Å². The van der Waals surface area contributed by atoms with Crippen LogP contribution in [0.4, 0.5) is 13.2 Å². The Kier molecular flexibility index (Phi) is 5.60. The Labute approximate surface area is 117 Å². The highest BCUT2D eigenvalue weighted by molar-refractivity contribution is 5.94. The number of nitrogens with one attached hydrogen (secondary N) is 1. The van der Waals surface area contributed by atoms with E-state index in [4.69, 9.17) is 0 Å². The van der Waals surface area contributed by atoms with E-state index in [1.165, 1.54) is 0 Å². The smallest absolute Gasteiger partial charge is 0.254 e. The molecule has 0 heterocycles. The monoisotopic (exact) mass is 287 g/mol. The second-order valence-corrected chi connectivity index (χ2v) is 5.58. The number of hydrogen-bond acceptors (Lipinski definition) is 1. The van der Waals surface area contributed by atoms with Crippen LogP contribution in [0.2, 0.25) is 0 Å². The summed E-state index contributed by atoms with van der Waals surface area (Å²) in [5, 5.41) is 2.58. The first-order valence-electron chi connectivity index (χ1n) is 6.67. The number of carbonyl (C=O) groups excluding carboxylic acids is 1. The van der Waals surface area contributed by atoms with E-state index in [1.54, 1.807) is 0 Å². The average molecular weight is 287 g/mol.